The van der Waals surface area contributed by atoms with Crippen LogP contribution in [0.15, 0.2) is 0 Å². The first kappa shape index (κ1) is 12.4. The number of hydrogen-bond donors (Lipinski definition) is 1. The van der Waals surface area contributed by atoms with Crippen molar-refractivity contribution in [1.82, 2.24) is 4.90 Å². The fourth-order valence-electron chi connectivity index (χ4n) is 2.99. The lowest BCUT2D eigenvalue weighted by molar-refractivity contribution is -0.147. The lowest BCUT2D eigenvalue weighted by Crippen LogP contribution is -2.45. The van der Waals surface area contributed by atoms with Crippen LogP contribution in [0.5, 0.6) is 0 Å². The molecule has 1 heterocycles. The Hall–Kier alpha value is -1.06. The van der Waals surface area contributed by atoms with Crippen molar-refractivity contribution in [3.05, 3.63) is 0 Å². The fraction of sp³-hybridized carbons (Fsp3) is 0.846. The summed E-state index contributed by atoms with van der Waals surface area (Å²) < 4.78 is 0. The number of amides is 1. The van der Waals surface area contributed by atoms with Crippen LogP contribution in [-0.2, 0) is 9.59 Å². The normalized spacial score (nSPS) is 26.8. The molecule has 0 aromatic carbocycles. The SMILES string of the molecule is O=C(O)[C@@H]1CCCN(C(=O)C2CCCCC2)C1. The molecule has 4 nitrogen and oxygen atoms in total. The number of hydrogen-bond acceptors (Lipinski definition) is 2. The minimum absolute atomic E-state index is 0.163. The standard InChI is InChI=1S/C13H21NO3/c15-12(10-5-2-1-3-6-10)14-8-4-7-11(9-14)13(16)17/h10-11H,1-9H2,(H,16,17)/t11-/m1/s1. The van der Waals surface area contributed by atoms with Crippen molar-refractivity contribution in [2.24, 2.45) is 11.8 Å². The Bertz CT molecular complexity index is 297. The van der Waals surface area contributed by atoms with Crippen LogP contribution in [-0.4, -0.2) is 35.0 Å². The zero-order chi connectivity index (χ0) is 12.3. The van der Waals surface area contributed by atoms with Crippen molar-refractivity contribution in [3.8, 4) is 0 Å². The topological polar surface area (TPSA) is 57.6 Å². The average Bonchev–Trinajstić information content (AvgIpc) is 2.39. The van der Waals surface area contributed by atoms with Crippen LogP contribution in [0.3, 0.4) is 0 Å². The van der Waals surface area contributed by atoms with Gasteiger partial charge in [0.1, 0.15) is 0 Å². The van der Waals surface area contributed by atoms with Crippen molar-refractivity contribution >= 4 is 11.9 Å². The Morgan fingerprint density at radius 3 is 2.24 bits per heavy atom. The van der Waals surface area contributed by atoms with E-state index < -0.39 is 5.97 Å². The van der Waals surface area contributed by atoms with E-state index in [2.05, 4.69) is 0 Å². The smallest absolute Gasteiger partial charge is 0.308 e. The van der Waals surface area contributed by atoms with Gasteiger partial charge in [-0.15, -0.1) is 0 Å². The average molecular weight is 239 g/mol. The molecule has 0 spiro atoms. The summed E-state index contributed by atoms with van der Waals surface area (Å²) in [6.45, 7) is 1.17. The van der Waals surface area contributed by atoms with Gasteiger partial charge in [0.15, 0.2) is 0 Å². The predicted molar refractivity (Wildman–Crippen MR) is 63.5 cm³/mol. The summed E-state index contributed by atoms with van der Waals surface area (Å²) in [5.74, 6) is -0.741. The first-order valence-electron chi connectivity index (χ1n) is 6.70. The van der Waals surface area contributed by atoms with E-state index in [1.54, 1.807) is 4.90 Å². The van der Waals surface area contributed by atoms with Gasteiger partial charge in [-0.1, -0.05) is 19.3 Å². The Morgan fingerprint density at radius 2 is 1.59 bits per heavy atom. The molecule has 1 saturated carbocycles. The summed E-state index contributed by atoms with van der Waals surface area (Å²) in [4.78, 5) is 25.0. The molecule has 0 bridgehead atoms. The summed E-state index contributed by atoms with van der Waals surface area (Å²) in [5.41, 5.74) is 0. The highest BCUT2D eigenvalue weighted by Crippen LogP contribution is 2.27. The number of likely N-dealkylation sites (tertiary alicyclic amines) is 1. The Morgan fingerprint density at radius 1 is 0.941 bits per heavy atom. The van der Waals surface area contributed by atoms with E-state index in [0.717, 1.165) is 38.6 Å². The van der Waals surface area contributed by atoms with Gasteiger partial charge in [0, 0.05) is 19.0 Å². The van der Waals surface area contributed by atoms with Crippen LogP contribution in [0.1, 0.15) is 44.9 Å². The van der Waals surface area contributed by atoms with E-state index in [4.69, 9.17) is 5.11 Å². The lowest BCUT2D eigenvalue weighted by atomic mass is 9.87. The van der Waals surface area contributed by atoms with Crippen LogP contribution in [0.4, 0.5) is 0 Å². The van der Waals surface area contributed by atoms with Gasteiger partial charge in [-0.25, -0.2) is 0 Å². The van der Waals surface area contributed by atoms with Gasteiger partial charge >= 0.3 is 5.97 Å². The second kappa shape index (κ2) is 5.52. The molecule has 0 aromatic heterocycles. The van der Waals surface area contributed by atoms with E-state index >= 15 is 0 Å². The lowest BCUT2D eigenvalue weighted by Gasteiger charge is -2.34. The highest BCUT2D eigenvalue weighted by Gasteiger charge is 2.31. The molecule has 1 saturated heterocycles. The number of carbonyl (C=O) groups excluding carboxylic acids is 1. The number of aliphatic carboxylic acids is 1. The maximum Gasteiger partial charge on any atom is 0.308 e. The second-order valence-corrected chi connectivity index (χ2v) is 5.30. The van der Waals surface area contributed by atoms with Crippen LogP contribution >= 0.6 is 0 Å². The Balaban J connectivity index is 1.91. The zero-order valence-electron chi connectivity index (χ0n) is 10.2. The third-order valence-electron chi connectivity index (χ3n) is 4.04. The molecule has 2 aliphatic rings. The molecule has 1 N–H and O–H groups in total. The summed E-state index contributed by atoms with van der Waals surface area (Å²) in [5, 5.41) is 9.01. The van der Waals surface area contributed by atoms with Gasteiger partial charge in [-0.05, 0) is 25.7 Å². The first-order chi connectivity index (χ1) is 8.18. The number of carboxylic acid groups (broad SMARTS) is 1. The summed E-state index contributed by atoms with van der Waals surface area (Å²) >= 11 is 0. The molecule has 1 atom stereocenters. The van der Waals surface area contributed by atoms with Crippen molar-refractivity contribution in [2.45, 2.75) is 44.9 Å². The van der Waals surface area contributed by atoms with Crippen molar-refractivity contribution in [1.29, 1.82) is 0 Å². The van der Waals surface area contributed by atoms with E-state index in [9.17, 15) is 9.59 Å². The third kappa shape index (κ3) is 2.99. The van der Waals surface area contributed by atoms with Gasteiger partial charge in [-0.2, -0.15) is 0 Å². The Kier molecular flexibility index (Phi) is 4.02. The molecule has 0 unspecified atom stereocenters. The van der Waals surface area contributed by atoms with Gasteiger partial charge in [0.25, 0.3) is 0 Å². The van der Waals surface area contributed by atoms with Crippen LogP contribution in [0.2, 0.25) is 0 Å². The Labute approximate surface area is 102 Å². The van der Waals surface area contributed by atoms with Crippen molar-refractivity contribution < 1.29 is 14.7 Å². The van der Waals surface area contributed by atoms with Crippen LogP contribution in [0, 0.1) is 11.8 Å². The molecule has 0 radical (unpaired) electrons. The molecule has 96 valence electrons. The summed E-state index contributed by atoms with van der Waals surface area (Å²) in [7, 11) is 0. The molecule has 1 aliphatic carbocycles. The molecule has 17 heavy (non-hydrogen) atoms. The largest absolute Gasteiger partial charge is 0.481 e. The van der Waals surface area contributed by atoms with Gasteiger partial charge in [0.05, 0.1) is 5.92 Å². The molecule has 2 rings (SSSR count). The number of nitrogens with zero attached hydrogens (tertiary/aromatic N) is 1. The predicted octanol–water partition coefficient (Wildman–Crippen LogP) is 1.89. The van der Waals surface area contributed by atoms with Gasteiger partial charge in [0.2, 0.25) is 5.91 Å². The maximum absolute atomic E-state index is 12.3. The van der Waals surface area contributed by atoms with Gasteiger partial charge in [-0.3, -0.25) is 9.59 Å². The molecular weight excluding hydrogens is 218 g/mol. The maximum atomic E-state index is 12.3. The fourth-order valence-corrected chi connectivity index (χ4v) is 2.99. The van der Waals surface area contributed by atoms with E-state index in [0.29, 0.717) is 13.0 Å². The molecule has 1 aliphatic heterocycles. The monoisotopic (exact) mass is 239 g/mol. The van der Waals surface area contributed by atoms with E-state index in [1.807, 2.05) is 0 Å². The minimum atomic E-state index is -0.758. The van der Waals surface area contributed by atoms with Crippen LogP contribution < -0.4 is 0 Å². The van der Waals surface area contributed by atoms with Crippen LogP contribution in [0.25, 0.3) is 0 Å². The summed E-state index contributed by atoms with van der Waals surface area (Å²) in [6.07, 6.45) is 7.06. The second-order valence-electron chi connectivity index (χ2n) is 5.30. The highest BCUT2D eigenvalue weighted by molar-refractivity contribution is 5.80. The molecular formula is C13H21NO3. The number of carboxylic acids is 1. The molecule has 0 aromatic rings. The molecule has 2 fully saturated rings. The quantitative estimate of drug-likeness (QED) is 0.800. The zero-order valence-corrected chi connectivity index (χ0v) is 10.2. The number of piperidine rings is 1. The number of carbonyl (C=O) groups is 2. The van der Waals surface area contributed by atoms with Crippen molar-refractivity contribution in [3.63, 3.8) is 0 Å². The number of rotatable bonds is 2. The van der Waals surface area contributed by atoms with E-state index in [-0.39, 0.29) is 17.7 Å². The highest BCUT2D eigenvalue weighted by atomic mass is 16.4. The molecule has 4 heteroatoms. The third-order valence-corrected chi connectivity index (χ3v) is 4.04. The van der Waals surface area contributed by atoms with Crippen molar-refractivity contribution in [2.75, 3.05) is 13.1 Å². The first-order valence-corrected chi connectivity index (χ1v) is 6.70. The van der Waals surface area contributed by atoms with Gasteiger partial charge < -0.3 is 10.0 Å². The summed E-state index contributed by atoms with van der Waals surface area (Å²) in [6, 6.07) is 0. The van der Waals surface area contributed by atoms with E-state index in [1.165, 1.54) is 6.42 Å². The minimum Gasteiger partial charge on any atom is -0.481 e. The molecule has 1 amide bonds.